The summed E-state index contributed by atoms with van der Waals surface area (Å²) in [6.07, 6.45) is 3.13. The van der Waals surface area contributed by atoms with Crippen molar-refractivity contribution in [1.82, 2.24) is 4.90 Å². The first-order valence-electron chi connectivity index (χ1n) is 7.27. The van der Waals surface area contributed by atoms with Gasteiger partial charge in [0.2, 0.25) is 0 Å². The monoisotopic (exact) mass is 349 g/mol. The second kappa shape index (κ2) is 6.72. The van der Waals surface area contributed by atoms with Crippen molar-refractivity contribution in [3.63, 3.8) is 0 Å². The number of hydrogen-bond donors (Lipinski definition) is 1. The summed E-state index contributed by atoms with van der Waals surface area (Å²) in [6, 6.07) is 5.86. The summed E-state index contributed by atoms with van der Waals surface area (Å²) < 4.78 is 5.95. The molecule has 0 radical (unpaired) electrons. The molecule has 2 aliphatic heterocycles. The van der Waals surface area contributed by atoms with Gasteiger partial charge in [-0.2, -0.15) is 0 Å². The second-order valence-electron chi connectivity index (χ2n) is 5.30. The lowest BCUT2D eigenvalue weighted by molar-refractivity contribution is -0.137. The third-order valence-corrected chi connectivity index (χ3v) is 5.04. The van der Waals surface area contributed by atoms with Gasteiger partial charge >= 0.3 is 5.97 Å². The number of thiocarbonyl (C=S) groups is 1. The number of hydrogen-bond acceptors (Lipinski definition) is 5. The van der Waals surface area contributed by atoms with Crippen LogP contribution >= 0.6 is 24.0 Å². The molecule has 0 aliphatic carbocycles. The second-order valence-corrected chi connectivity index (χ2v) is 6.97. The number of carboxylic acids is 1. The van der Waals surface area contributed by atoms with Crippen molar-refractivity contribution in [2.24, 2.45) is 0 Å². The van der Waals surface area contributed by atoms with E-state index in [0.29, 0.717) is 28.8 Å². The minimum atomic E-state index is -0.869. The van der Waals surface area contributed by atoms with Crippen LogP contribution in [0, 0.1) is 0 Å². The molecule has 0 atom stereocenters. The van der Waals surface area contributed by atoms with E-state index in [1.54, 1.807) is 0 Å². The predicted octanol–water partition coefficient (Wildman–Crippen LogP) is 2.69. The largest absolute Gasteiger partial charge is 0.493 e. The zero-order valence-electron chi connectivity index (χ0n) is 12.3. The zero-order chi connectivity index (χ0) is 16.4. The Morgan fingerprint density at radius 2 is 2.30 bits per heavy atom. The number of nitrogens with zero attached hydrogens (tertiary/aromatic N) is 1. The van der Waals surface area contributed by atoms with E-state index < -0.39 is 5.97 Å². The summed E-state index contributed by atoms with van der Waals surface area (Å²) in [5, 5.41) is 8.68. The summed E-state index contributed by atoms with van der Waals surface area (Å²) >= 11 is 6.49. The average molecular weight is 349 g/mol. The molecule has 1 saturated heterocycles. The van der Waals surface area contributed by atoms with Crippen LogP contribution in [0.2, 0.25) is 0 Å². The Morgan fingerprint density at radius 3 is 3.09 bits per heavy atom. The molecule has 1 fully saturated rings. The molecule has 0 saturated carbocycles. The Kier molecular flexibility index (Phi) is 4.68. The Bertz CT molecular complexity index is 714. The number of rotatable bonds is 5. The van der Waals surface area contributed by atoms with E-state index in [4.69, 9.17) is 22.1 Å². The van der Waals surface area contributed by atoms with Gasteiger partial charge in [-0.25, -0.2) is 0 Å². The van der Waals surface area contributed by atoms with Crippen LogP contribution in [-0.4, -0.2) is 39.4 Å². The molecule has 0 aromatic heterocycles. The van der Waals surface area contributed by atoms with Gasteiger partial charge in [-0.3, -0.25) is 14.5 Å². The zero-order valence-corrected chi connectivity index (χ0v) is 13.9. The summed E-state index contributed by atoms with van der Waals surface area (Å²) in [5.41, 5.74) is 2.09. The van der Waals surface area contributed by atoms with Crippen molar-refractivity contribution in [2.75, 3.05) is 13.2 Å². The minimum absolute atomic E-state index is 0.0287. The number of ether oxygens (including phenoxy) is 1. The first kappa shape index (κ1) is 16.0. The molecule has 7 heteroatoms. The van der Waals surface area contributed by atoms with Crippen molar-refractivity contribution in [3.8, 4) is 5.75 Å². The fraction of sp³-hybridized carbons (Fsp3) is 0.312. The first-order chi connectivity index (χ1) is 11.0. The molecule has 120 valence electrons. The van der Waals surface area contributed by atoms with Gasteiger partial charge in [0.1, 0.15) is 10.1 Å². The van der Waals surface area contributed by atoms with Gasteiger partial charge in [-0.1, -0.05) is 30.0 Å². The van der Waals surface area contributed by atoms with Crippen molar-refractivity contribution in [2.45, 2.75) is 19.3 Å². The summed E-state index contributed by atoms with van der Waals surface area (Å²) in [4.78, 5) is 25.0. The lowest BCUT2D eigenvalue weighted by atomic mass is 10.1. The first-order valence-corrected chi connectivity index (χ1v) is 8.50. The van der Waals surface area contributed by atoms with E-state index in [1.807, 2.05) is 24.3 Å². The molecule has 2 heterocycles. The summed E-state index contributed by atoms with van der Waals surface area (Å²) in [5.74, 6) is -0.114. The molecule has 2 aliphatic rings. The Balaban J connectivity index is 1.72. The van der Waals surface area contributed by atoms with Gasteiger partial charge in [-0.05, 0) is 35.8 Å². The fourth-order valence-electron chi connectivity index (χ4n) is 2.53. The van der Waals surface area contributed by atoms with E-state index in [2.05, 4.69) is 0 Å². The average Bonchev–Trinajstić information content (AvgIpc) is 3.06. The quantitative estimate of drug-likeness (QED) is 0.651. The van der Waals surface area contributed by atoms with E-state index in [0.717, 1.165) is 23.3 Å². The molecule has 3 rings (SSSR count). The number of amides is 1. The molecule has 1 amide bonds. The lowest BCUT2D eigenvalue weighted by Gasteiger charge is -2.13. The van der Waals surface area contributed by atoms with Gasteiger partial charge in [-0.15, -0.1) is 0 Å². The Morgan fingerprint density at radius 1 is 1.48 bits per heavy atom. The van der Waals surface area contributed by atoms with Crippen molar-refractivity contribution in [3.05, 3.63) is 34.2 Å². The maximum absolute atomic E-state index is 12.4. The third-order valence-electron chi connectivity index (χ3n) is 3.66. The number of carbonyl (C=O) groups excluding carboxylic acids is 1. The number of aliphatic carboxylic acids is 1. The van der Waals surface area contributed by atoms with Crippen LogP contribution in [0.1, 0.15) is 24.0 Å². The maximum atomic E-state index is 12.4. The maximum Gasteiger partial charge on any atom is 0.303 e. The van der Waals surface area contributed by atoms with E-state index in [-0.39, 0.29) is 12.3 Å². The highest BCUT2D eigenvalue weighted by atomic mass is 32.2. The van der Waals surface area contributed by atoms with Crippen LogP contribution in [0.25, 0.3) is 6.08 Å². The molecule has 0 spiro atoms. The van der Waals surface area contributed by atoms with Gasteiger partial charge in [0, 0.05) is 19.4 Å². The van der Waals surface area contributed by atoms with Gasteiger partial charge in [0.05, 0.1) is 11.5 Å². The van der Waals surface area contributed by atoms with Gasteiger partial charge in [0.25, 0.3) is 5.91 Å². The van der Waals surface area contributed by atoms with Gasteiger partial charge < -0.3 is 9.84 Å². The lowest BCUT2D eigenvalue weighted by Crippen LogP contribution is -2.29. The van der Waals surface area contributed by atoms with Crippen molar-refractivity contribution < 1.29 is 19.4 Å². The number of carboxylic acid groups (broad SMARTS) is 1. The molecule has 0 unspecified atom stereocenters. The topological polar surface area (TPSA) is 66.8 Å². The number of fused-ring (bicyclic) bond motifs is 1. The van der Waals surface area contributed by atoms with Crippen molar-refractivity contribution >= 4 is 46.3 Å². The molecule has 5 nitrogen and oxygen atoms in total. The van der Waals surface area contributed by atoms with E-state index >= 15 is 0 Å². The number of carbonyl (C=O) groups is 2. The highest BCUT2D eigenvalue weighted by molar-refractivity contribution is 8.26. The standard InChI is InChI=1S/C16H15NO4S2/c18-14(19)2-1-6-17-15(20)13(23-16(17)22)9-10-3-4-12-11(8-10)5-7-21-12/h3-4,8-9H,1-2,5-7H2,(H,18,19)/b13-9-. The molecular formula is C16H15NO4S2. The van der Waals surface area contributed by atoms with Crippen LogP contribution in [-0.2, 0) is 16.0 Å². The molecule has 1 aromatic carbocycles. The minimum Gasteiger partial charge on any atom is -0.493 e. The highest BCUT2D eigenvalue weighted by Crippen LogP contribution is 2.34. The van der Waals surface area contributed by atoms with E-state index in [1.165, 1.54) is 16.7 Å². The van der Waals surface area contributed by atoms with Crippen LogP contribution < -0.4 is 4.74 Å². The number of thioether (sulfide) groups is 1. The SMILES string of the molecule is O=C(O)CCCN1C(=O)/C(=C/c2ccc3c(c2)CCO3)SC1=S. The fourth-order valence-corrected chi connectivity index (χ4v) is 3.84. The smallest absolute Gasteiger partial charge is 0.303 e. The summed E-state index contributed by atoms with van der Waals surface area (Å²) in [6.45, 7) is 1.04. The Labute approximate surface area is 143 Å². The molecule has 23 heavy (non-hydrogen) atoms. The van der Waals surface area contributed by atoms with Crippen molar-refractivity contribution in [1.29, 1.82) is 0 Å². The molecule has 1 aromatic rings. The van der Waals surface area contributed by atoms with Crippen LogP contribution in [0.15, 0.2) is 23.1 Å². The summed E-state index contributed by atoms with van der Waals surface area (Å²) in [7, 11) is 0. The number of benzene rings is 1. The molecular weight excluding hydrogens is 334 g/mol. The van der Waals surface area contributed by atoms with E-state index in [9.17, 15) is 9.59 Å². The highest BCUT2D eigenvalue weighted by Gasteiger charge is 2.31. The van der Waals surface area contributed by atoms with Crippen LogP contribution in [0.3, 0.4) is 0 Å². The van der Waals surface area contributed by atoms with Crippen LogP contribution in [0.5, 0.6) is 5.75 Å². The van der Waals surface area contributed by atoms with Crippen LogP contribution in [0.4, 0.5) is 0 Å². The normalized spacial score (nSPS) is 18.4. The third kappa shape index (κ3) is 3.56. The molecule has 1 N–H and O–H groups in total. The molecule has 0 bridgehead atoms. The predicted molar refractivity (Wildman–Crippen MR) is 92.4 cm³/mol. The van der Waals surface area contributed by atoms with Gasteiger partial charge in [0.15, 0.2) is 0 Å². The Hall–Kier alpha value is -1.86.